The lowest BCUT2D eigenvalue weighted by Crippen LogP contribution is -2.43. The molecule has 158 valence electrons. The zero-order valence-corrected chi connectivity index (χ0v) is 16.7. The Morgan fingerprint density at radius 2 is 1.76 bits per heavy atom. The number of ketones is 1. The summed E-state index contributed by atoms with van der Waals surface area (Å²) in [5.41, 5.74) is -4.97. The van der Waals surface area contributed by atoms with Crippen molar-refractivity contribution in [3.63, 3.8) is 0 Å². The number of rotatable bonds is 3. The van der Waals surface area contributed by atoms with E-state index in [0.29, 0.717) is 0 Å². The standard InChI is InChI=1S/C20H22F3NO5/c1-18(2,3)29-12(25)9-24-17(28)14-15(26)13-10(19(4,5)16(14)27)7-6-8-11(13)20(21,22)23/h6-8,26H,9H2,1-5H3,(H,24,28). The van der Waals surface area contributed by atoms with Crippen LogP contribution in [0.1, 0.15) is 51.3 Å². The van der Waals surface area contributed by atoms with Gasteiger partial charge in [-0.1, -0.05) is 12.1 Å². The minimum absolute atomic E-state index is 0.0430. The second kappa shape index (κ2) is 7.20. The van der Waals surface area contributed by atoms with Crippen molar-refractivity contribution in [1.82, 2.24) is 5.32 Å². The lowest BCUT2D eigenvalue weighted by atomic mass is 9.70. The smallest absolute Gasteiger partial charge is 0.417 e. The Bertz CT molecular complexity index is 908. The van der Waals surface area contributed by atoms with Crippen molar-refractivity contribution in [3.05, 3.63) is 40.5 Å². The summed E-state index contributed by atoms with van der Waals surface area (Å²) in [6.45, 7) is 6.95. The zero-order chi connectivity index (χ0) is 22.4. The molecule has 0 aromatic heterocycles. The number of ether oxygens (including phenoxy) is 1. The highest BCUT2D eigenvalue weighted by Crippen LogP contribution is 2.45. The zero-order valence-electron chi connectivity index (χ0n) is 16.7. The van der Waals surface area contributed by atoms with Gasteiger partial charge in [0, 0.05) is 5.56 Å². The molecule has 0 aliphatic heterocycles. The van der Waals surface area contributed by atoms with Crippen LogP contribution >= 0.6 is 0 Å². The average Bonchev–Trinajstić information content (AvgIpc) is 2.56. The van der Waals surface area contributed by atoms with Crippen molar-refractivity contribution >= 4 is 23.4 Å². The number of aliphatic hydroxyl groups is 1. The molecule has 2 rings (SSSR count). The van der Waals surface area contributed by atoms with Crippen LogP contribution in [0.2, 0.25) is 0 Å². The Morgan fingerprint density at radius 3 is 2.28 bits per heavy atom. The monoisotopic (exact) mass is 413 g/mol. The summed E-state index contributed by atoms with van der Waals surface area (Å²) in [7, 11) is 0. The lowest BCUT2D eigenvalue weighted by molar-refractivity contribution is -0.154. The van der Waals surface area contributed by atoms with Gasteiger partial charge in [0.25, 0.3) is 5.91 Å². The Morgan fingerprint density at radius 1 is 1.17 bits per heavy atom. The third kappa shape index (κ3) is 4.44. The van der Waals surface area contributed by atoms with Crippen LogP contribution in [-0.2, 0) is 30.7 Å². The van der Waals surface area contributed by atoms with E-state index in [4.69, 9.17) is 4.74 Å². The van der Waals surface area contributed by atoms with E-state index in [9.17, 15) is 32.7 Å². The van der Waals surface area contributed by atoms with E-state index in [0.717, 1.165) is 12.1 Å². The molecule has 9 heteroatoms. The lowest BCUT2D eigenvalue weighted by Gasteiger charge is -2.33. The Labute approximate surface area is 165 Å². The average molecular weight is 413 g/mol. The first-order valence-corrected chi connectivity index (χ1v) is 8.76. The van der Waals surface area contributed by atoms with Gasteiger partial charge in [-0.2, -0.15) is 13.2 Å². The van der Waals surface area contributed by atoms with E-state index in [-0.39, 0.29) is 5.56 Å². The van der Waals surface area contributed by atoms with Crippen LogP contribution in [0.5, 0.6) is 0 Å². The molecule has 6 nitrogen and oxygen atoms in total. The van der Waals surface area contributed by atoms with Crippen LogP contribution in [0.15, 0.2) is 23.8 Å². The summed E-state index contributed by atoms with van der Waals surface area (Å²) >= 11 is 0. The maximum Gasteiger partial charge on any atom is 0.417 e. The summed E-state index contributed by atoms with van der Waals surface area (Å²) in [6, 6.07) is 3.20. The van der Waals surface area contributed by atoms with Gasteiger partial charge < -0.3 is 15.2 Å². The molecule has 0 bridgehead atoms. The number of hydrogen-bond acceptors (Lipinski definition) is 5. The van der Waals surface area contributed by atoms with Gasteiger partial charge in [-0.15, -0.1) is 0 Å². The van der Waals surface area contributed by atoms with Gasteiger partial charge in [-0.25, -0.2) is 0 Å². The van der Waals surface area contributed by atoms with Crippen molar-refractivity contribution in [2.24, 2.45) is 0 Å². The number of fused-ring (bicyclic) bond motifs is 1. The third-order valence-corrected chi connectivity index (χ3v) is 4.35. The second-order valence-electron chi connectivity index (χ2n) is 8.17. The van der Waals surface area contributed by atoms with Gasteiger partial charge in [0.15, 0.2) is 5.78 Å². The van der Waals surface area contributed by atoms with E-state index in [1.54, 1.807) is 20.8 Å². The molecule has 2 N–H and O–H groups in total. The Hall–Kier alpha value is -2.84. The highest BCUT2D eigenvalue weighted by Gasteiger charge is 2.47. The van der Waals surface area contributed by atoms with Crippen LogP contribution in [0.25, 0.3) is 5.76 Å². The highest BCUT2D eigenvalue weighted by atomic mass is 19.4. The van der Waals surface area contributed by atoms with Gasteiger partial charge in [0.2, 0.25) is 0 Å². The molecule has 0 saturated carbocycles. The number of nitrogens with one attached hydrogen (secondary N) is 1. The molecule has 1 amide bonds. The SMILES string of the molecule is CC(C)(C)OC(=O)CNC(=O)C1=C(O)c2c(C(F)(F)F)cccc2C(C)(C)C1=O. The minimum atomic E-state index is -4.81. The van der Waals surface area contributed by atoms with Gasteiger partial charge >= 0.3 is 12.1 Å². The summed E-state index contributed by atoms with van der Waals surface area (Å²) in [5.74, 6) is -3.89. The Kier molecular flexibility index (Phi) is 5.57. The molecule has 0 heterocycles. The van der Waals surface area contributed by atoms with Crippen LogP contribution in [-0.4, -0.2) is 34.9 Å². The summed E-state index contributed by atoms with van der Waals surface area (Å²) in [4.78, 5) is 37.1. The van der Waals surface area contributed by atoms with Gasteiger partial charge in [0.1, 0.15) is 23.5 Å². The molecule has 0 atom stereocenters. The fourth-order valence-electron chi connectivity index (χ4n) is 3.06. The second-order valence-corrected chi connectivity index (χ2v) is 8.17. The first-order valence-electron chi connectivity index (χ1n) is 8.76. The van der Waals surface area contributed by atoms with Crippen molar-refractivity contribution in [2.45, 2.75) is 51.8 Å². The number of hydrogen-bond donors (Lipinski definition) is 2. The number of aliphatic hydroxyl groups excluding tert-OH is 1. The molecule has 1 aliphatic rings. The van der Waals surface area contributed by atoms with Crippen molar-refractivity contribution in [3.8, 4) is 0 Å². The van der Waals surface area contributed by atoms with E-state index in [1.807, 2.05) is 0 Å². The maximum atomic E-state index is 13.5. The largest absolute Gasteiger partial charge is 0.506 e. The van der Waals surface area contributed by atoms with Crippen LogP contribution < -0.4 is 5.32 Å². The number of amides is 1. The molecule has 1 aliphatic carbocycles. The van der Waals surface area contributed by atoms with Gasteiger partial charge in [-0.05, 0) is 46.2 Å². The molecule has 0 saturated heterocycles. The molecule has 0 fully saturated rings. The van der Waals surface area contributed by atoms with Gasteiger partial charge in [0.05, 0.1) is 11.0 Å². The first-order chi connectivity index (χ1) is 13.1. The molecule has 0 radical (unpaired) electrons. The number of alkyl halides is 3. The Balaban J connectivity index is 2.49. The van der Waals surface area contributed by atoms with Gasteiger partial charge in [-0.3, -0.25) is 14.4 Å². The topological polar surface area (TPSA) is 92.7 Å². The number of Topliss-reactive ketones (excluding diaryl/α,β-unsaturated/α-hetero) is 1. The van der Waals surface area contributed by atoms with Crippen molar-refractivity contribution in [1.29, 1.82) is 0 Å². The predicted octanol–water partition coefficient (Wildman–Crippen LogP) is 3.29. The quantitative estimate of drug-likeness (QED) is 0.586. The molecule has 0 unspecified atom stereocenters. The molecule has 1 aromatic rings. The van der Waals surface area contributed by atoms with Crippen LogP contribution in [0, 0.1) is 0 Å². The summed E-state index contributed by atoms with van der Waals surface area (Å²) in [6.07, 6.45) is -4.81. The fraction of sp³-hybridized carbons (Fsp3) is 0.450. The van der Waals surface area contributed by atoms with E-state index in [2.05, 4.69) is 5.32 Å². The van der Waals surface area contributed by atoms with Crippen LogP contribution in [0.3, 0.4) is 0 Å². The molecule has 29 heavy (non-hydrogen) atoms. The number of carbonyl (C=O) groups excluding carboxylic acids is 3. The molecule has 1 aromatic carbocycles. The minimum Gasteiger partial charge on any atom is -0.506 e. The van der Waals surface area contributed by atoms with Crippen molar-refractivity contribution in [2.75, 3.05) is 6.54 Å². The highest BCUT2D eigenvalue weighted by molar-refractivity contribution is 6.28. The molecular formula is C20H22F3NO5. The van der Waals surface area contributed by atoms with E-state index >= 15 is 0 Å². The van der Waals surface area contributed by atoms with Crippen LogP contribution in [0.4, 0.5) is 13.2 Å². The number of carbonyl (C=O) groups is 3. The summed E-state index contributed by atoms with van der Waals surface area (Å²) in [5, 5.41) is 12.6. The molecular weight excluding hydrogens is 391 g/mol. The number of esters is 1. The fourth-order valence-corrected chi connectivity index (χ4v) is 3.06. The van der Waals surface area contributed by atoms with E-state index in [1.165, 1.54) is 19.9 Å². The number of halogens is 3. The maximum absolute atomic E-state index is 13.5. The normalized spacial score (nSPS) is 16.3. The molecule has 0 spiro atoms. The van der Waals surface area contributed by atoms with Crippen molar-refractivity contribution < 1.29 is 37.4 Å². The number of benzene rings is 1. The predicted molar refractivity (Wildman–Crippen MR) is 97.9 cm³/mol. The third-order valence-electron chi connectivity index (χ3n) is 4.35. The summed E-state index contributed by atoms with van der Waals surface area (Å²) < 4.78 is 45.4. The first kappa shape index (κ1) is 22.4. The van der Waals surface area contributed by atoms with E-state index < -0.39 is 63.9 Å².